The molecule has 0 aliphatic rings. The Hall–Kier alpha value is -4.97. The highest BCUT2D eigenvalue weighted by Crippen LogP contribution is 2.32. The number of rotatable bonds is 9. The van der Waals surface area contributed by atoms with Crippen molar-refractivity contribution in [2.75, 3.05) is 5.73 Å². The molecule has 4 N–H and O–H groups in total. The van der Waals surface area contributed by atoms with Crippen LogP contribution in [0.1, 0.15) is 66.9 Å². The van der Waals surface area contributed by atoms with E-state index in [4.69, 9.17) is 10.7 Å². The molecule has 41 heavy (non-hydrogen) atoms. The zero-order valence-corrected chi connectivity index (χ0v) is 23.2. The van der Waals surface area contributed by atoms with Crippen molar-refractivity contribution < 1.29 is 14.7 Å². The number of benzene rings is 1. The van der Waals surface area contributed by atoms with Crippen molar-refractivity contribution in [2.24, 2.45) is 0 Å². The van der Waals surface area contributed by atoms with Gasteiger partial charge in [0, 0.05) is 35.0 Å². The van der Waals surface area contributed by atoms with Gasteiger partial charge in [-0.2, -0.15) is 9.61 Å². The zero-order chi connectivity index (χ0) is 29.3. The second-order valence-corrected chi connectivity index (χ2v) is 10.1. The highest BCUT2D eigenvalue weighted by molar-refractivity contribution is 6.00. The number of aliphatic hydroxyl groups excluding tert-OH is 1. The van der Waals surface area contributed by atoms with Crippen LogP contribution in [0.4, 0.5) is 5.82 Å². The van der Waals surface area contributed by atoms with Gasteiger partial charge in [0.2, 0.25) is 5.82 Å². The smallest absolute Gasteiger partial charge is 0.292 e. The predicted molar refractivity (Wildman–Crippen MR) is 153 cm³/mol. The number of hydrogen-bond donors (Lipinski definition) is 3. The van der Waals surface area contributed by atoms with E-state index in [1.807, 2.05) is 63.2 Å². The number of aliphatic hydroxyl groups is 1. The minimum atomic E-state index is -1.21. The largest absolute Gasteiger partial charge is 0.387 e. The number of anilines is 1. The van der Waals surface area contributed by atoms with Gasteiger partial charge in [-0.1, -0.05) is 36.4 Å². The summed E-state index contributed by atoms with van der Waals surface area (Å²) in [7, 11) is 0. The van der Waals surface area contributed by atoms with E-state index in [2.05, 4.69) is 25.3 Å². The number of Topliss-reactive ketones (excluding diaryl/α,β-unsaturated/α-hetero) is 1. The number of nitrogens with one attached hydrogen (secondary N) is 1. The van der Waals surface area contributed by atoms with Crippen molar-refractivity contribution >= 4 is 23.2 Å². The molecule has 0 aliphatic heterocycles. The van der Waals surface area contributed by atoms with E-state index in [0.717, 1.165) is 16.8 Å². The molecule has 0 saturated carbocycles. The van der Waals surface area contributed by atoms with Crippen molar-refractivity contribution in [1.82, 2.24) is 39.7 Å². The van der Waals surface area contributed by atoms with Crippen LogP contribution in [0.15, 0.2) is 61.2 Å². The molecule has 12 nitrogen and oxygen atoms in total. The van der Waals surface area contributed by atoms with Crippen LogP contribution >= 0.6 is 0 Å². The minimum absolute atomic E-state index is 0.0720. The van der Waals surface area contributed by atoms with Crippen molar-refractivity contribution in [3.63, 3.8) is 0 Å². The fourth-order valence-electron chi connectivity index (χ4n) is 5.10. The van der Waals surface area contributed by atoms with Gasteiger partial charge in [0.1, 0.15) is 12.1 Å². The normalized spacial score (nSPS) is 12.9. The average molecular weight is 554 g/mol. The van der Waals surface area contributed by atoms with Crippen LogP contribution in [0.25, 0.3) is 28.0 Å². The lowest BCUT2D eigenvalue weighted by Crippen LogP contribution is -2.44. The third-order valence-electron chi connectivity index (χ3n) is 6.97. The number of carbonyl (C=O) groups is 2. The van der Waals surface area contributed by atoms with E-state index in [1.54, 1.807) is 17.3 Å². The molecular formula is C29H31N9O3. The molecule has 0 aliphatic carbocycles. The Balaban J connectivity index is 1.51. The van der Waals surface area contributed by atoms with E-state index < -0.39 is 12.1 Å². The maximum atomic E-state index is 13.1. The van der Waals surface area contributed by atoms with E-state index in [1.165, 1.54) is 17.8 Å². The lowest BCUT2D eigenvalue weighted by atomic mass is 9.99. The van der Waals surface area contributed by atoms with Crippen LogP contribution in [0, 0.1) is 0 Å². The first-order chi connectivity index (χ1) is 19.7. The number of H-pyrrole nitrogens is 1. The van der Waals surface area contributed by atoms with Gasteiger partial charge in [-0.25, -0.2) is 4.98 Å². The molecule has 5 aromatic rings. The molecule has 0 bridgehead atoms. The molecular weight excluding hydrogens is 522 g/mol. The SMILES string of the molecule is CC(=O)c1c([C@H](O)C[C@@H](C)N(C(=O)c2nnc[nH]2)C(C)C)nc2c(-c3ccc(-c4ccccc4)nc3)cnn2c1N. The standard InChI is InChI=1S/C29H31N9O3/c1-16(2)37(29(41)27-32-15-33-36-27)17(3)12-23(40)25-24(18(4)39)26(30)38-28(35-25)21(14-34-38)20-10-11-22(31-13-20)19-8-6-5-7-9-19/h5-11,13-17,23,40H,12,30H2,1-4H3,(H,32,33,36)/t17-,23-/m1/s1. The topological polar surface area (TPSA) is 168 Å². The highest BCUT2D eigenvalue weighted by atomic mass is 16.3. The Morgan fingerprint density at radius 2 is 1.83 bits per heavy atom. The molecule has 12 heteroatoms. The van der Waals surface area contributed by atoms with Gasteiger partial charge < -0.3 is 20.7 Å². The molecule has 4 aromatic heterocycles. The molecule has 1 aromatic carbocycles. The molecule has 5 rings (SSSR count). The highest BCUT2D eigenvalue weighted by Gasteiger charge is 2.31. The molecule has 4 heterocycles. The Morgan fingerprint density at radius 1 is 1.07 bits per heavy atom. The molecule has 0 spiro atoms. The number of amides is 1. The van der Waals surface area contributed by atoms with Crippen LogP contribution in [0.2, 0.25) is 0 Å². The maximum Gasteiger partial charge on any atom is 0.292 e. The van der Waals surface area contributed by atoms with Crippen molar-refractivity contribution in [3.05, 3.63) is 78.3 Å². The van der Waals surface area contributed by atoms with Gasteiger partial charge in [0.15, 0.2) is 11.4 Å². The van der Waals surface area contributed by atoms with Crippen molar-refractivity contribution in [3.8, 4) is 22.4 Å². The summed E-state index contributed by atoms with van der Waals surface area (Å²) >= 11 is 0. The minimum Gasteiger partial charge on any atom is -0.387 e. The number of aromatic amines is 1. The Bertz CT molecular complexity index is 1680. The van der Waals surface area contributed by atoms with E-state index in [9.17, 15) is 14.7 Å². The number of pyridine rings is 1. The molecule has 0 fully saturated rings. The number of hydrogen-bond acceptors (Lipinski definition) is 9. The second kappa shape index (κ2) is 11.3. The van der Waals surface area contributed by atoms with Crippen LogP contribution < -0.4 is 5.73 Å². The summed E-state index contributed by atoms with van der Waals surface area (Å²) in [5, 5.41) is 23.3. The third kappa shape index (κ3) is 5.29. The quantitative estimate of drug-likeness (QED) is 0.230. The van der Waals surface area contributed by atoms with Gasteiger partial charge in [-0.05, 0) is 40.2 Å². The monoisotopic (exact) mass is 553 g/mol. The number of nitrogens with two attached hydrogens (primary N) is 1. The molecule has 1 amide bonds. The fraction of sp³-hybridized carbons (Fsp3) is 0.276. The summed E-state index contributed by atoms with van der Waals surface area (Å²) in [5.41, 5.74) is 10.2. The lowest BCUT2D eigenvalue weighted by molar-refractivity contribution is 0.0511. The van der Waals surface area contributed by atoms with Crippen molar-refractivity contribution in [2.45, 2.75) is 52.3 Å². The van der Waals surface area contributed by atoms with Crippen LogP contribution in [0.3, 0.4) is 0 Å². The number of fused-ring (bicyclic) bond motifs is 1. The summed E-state index contributed by atoms with van der Waals surface area (Å²) < 4.78 is 1.39. The number of carbonyl (C=O) groups excluding carboxylic acids is 2. The molecule has 2 atom stereocenters. The van der Waals surface area contributed by atoms with Gasteiger partial charge >= 0.3 is 0 Å². The predicted octanol–water partition coefficient (Wildman–Crippen LogP) is 3.72. The molecule has 0 radical (unpaired) electrons. The first-order valence-corrected chi connectivity index (χ1v) is 13.2. The van der Waals surface area contributed by atoms with Gasteiger partial charge in [0.05, 0.1) is 29.3 Å². The summed E-state index contributed by atoms with van der Waals surface area (Å²) in [5.74, 6) is -0.536. The van der Waals surface area contributed by atoms with Crippen LogP contribution in [-0.4, -0.2) is 68.5 Å². The van der Waals surface area contributed by atoms with Crippen LogP contribution in [-0.2, 0) is 0 Å². The Kier molecular flexibility index (Phi) is 7.58. The van der Waals surface area contributed by atoms with Crippen molar-refractivity contribution in [1.29, 1.82) is 0 Å². The lowest BCUT2D eigenvalue weighted by Gasteiger charge is -2.33. The molecule has 0 unspecified atom stereocenters. The fourth-order valence-corrected chi connectivity index (χ4v) is 5.10. The van der Waals surface area contributed by atoms with Gasteiger partial charge in [-0.15, -0.1) is 10.2 Å². The number of ketones is 1. The summed E-state index contributed by atoms with van der Waals surface area (Å²) in [6, 6.07) is 13.0. The average Bonchev–Trinajstić information content (AvgIpc) is 3.64. The first-order valence-electron chi connectivity index (χ1n) is 13.2. The van der Waals surface area contributed by atoms with E-state index in [-0.39, 0.29) is 47.1 Å². The summed E-state index contributed by atoms with van der Waals surface area (Å²) in [6.45, 7) is 6.92. The molecule has 210 valence electrons. The summed E-state index contributed by atoms with van der Waals surface area (Å²) in [4.78, 5) is 39.5. The number of nitrogen functional groups attached to an aromatic ring is 1. The Labute approximate surface area is 236 Å². The van der Waals surface area contributed by atoms with Gasteiger partial charge in [-0.3, -0.25) is 14.6 Å². The van der Waals surface area contributed by atoms with Gasteiger partial charge in [0.25, 0.3) is 5.91 Å². The second-order valence-electron chi connectivity index (χ2n) is 10.1. The Morgan fingerprint density at radius 3 is 2.44 bits per heavy atom. The molecule has 0 saturated heterocycles. The number of nitrogens with zero attached hydrogens (tertiary/aromatic N) is 7. The van der Waals surface area contributed by atoms with E-state index >= 15 is 0 Å². The summed E-state index contributed by atoms with van der Waals surface area (Å²) in [6.07, 6.45) is 3.56. The zero-order valence-electron chi connectivity index (χ0n) is 23.2. The number of aromatic nitrogens is 7. The van der Waals surface area contributed by atoms with E-state index in [0.29, 0.717) is 11.2 Å². The van der Waals surface area contributed by atoms with Crippen LogP contribution in [0.5, 0.6) is 0 Å². The first kappa shape index (κ1) is 27.6. The maximum absolute atomic E-state index is 13.1. The third-order valence-corrected chi connectivity index (χ3v) is 6.97.